The second kappa shape index (κ2) is 6.25. The van der Waals surface area contributed by atoms with E-state index in [1.807, 2.05) is 0 Å². The molecule has 0 aromatic heterocycles. The van der Waals surface area contributed by atoms with E-state index >= 15 is 0 Å². The van der Waals surface area contributed by atoms with Gasteiger partial charge in [-0.25, -0.2) is 0 Å². The predicted molar refractivity (Wildman–Crippen MR) is 31.5 cm³/mol. The van der Waals surface area contributed by atoms with Gasteiger partial charge in [0.05, 0.1) is 0 Å². The fourth-order valence-electron chi connectivity index (χ4n) is 0.259. The molecule has 1 nitrogen and oxygen atoms in total. The number of hydrogen-bond donors (Lipinski definition) is 0. The summed E-state index contributed by atoms with van der Waals surface area (Å²) in [5.74, 6) is 0.681. The Hall–Kier alpha value is 0.250. The minimum absolute atomic E-state index is 0.552. The molecule has 0 N–H and O–H groups in total. The summed E-state index contributed by atoms with van der Waals surface area (Å²) in [5, 5.41) is 0. The average Bonchev–Trinajstić information content (AvgIpc) is 1.69. The molecule has 0 amide bonds. The number of rotatable bonds is 4. The zero-order chi connectivity index (χ0) is 5.54. The van der Waals surface area contributed by atoms with Gasteiger partial charge in [0, 0.05) is 19.1 Å². The van der Waals surface area contributed by atoms with Crippen molar-refractivity contribution in [3.8, 4) is 0 Å². The molecule has 0 spiro atoms. The topological polar surface area (TPSA) is 9.23 Å². The van der Waals surface area contributed by atoms with Crippen LogP contribution >= 0.6 is 11.6 Å². The lowest BCUT2D eigenvalue weighted by Gasteiger charge is -1.93. The number of alkyl halides is 1. The average molecular weight is 122 g/mol. The molecule has 0 saturated carbocycles. The molecule has 0 fully saturated rings. The normalized spacial score (nSPS) is 9.43. The first-order valence-corrected chi connectivity index (χ1v) is 2.88. The molecule has 0 saturated heterocycles. The first kappa shape index (κ1) is 7.25. The van der Waals surface area contributed by atoms with Gasteiger partial charge in [-0.3, -0.25) is 0 Å². The standard InChI is InChI=1S/C5H10ClO/c1-2-7-5-3-4-6/h1-5H2. The molecule has 0 atom stereocenters. The Morgan fingerprint density at radius 1 is 1.57 bits per heavy atom. The smallest absolute Gasteiger partial charge is 0.0477 e. The van der Waals surface area contributed by atoms with Crippen molar-refractivity contribution in [2.24, 2.45) is 0 Å². The van der Waals surface area contributed by atoms with Crippen molar-refractivity contribution in [1.82, 2.24) is 0 Å². The molecule has 0 aliphatic rings. The van der Waals surface area contributed by atoms with E-state index in [2.05, 4.69) is 6.92 Å². The van der Waals surface area contributed by atoms with Crippen LogP contribution in [0, 0.1) is 6.92 Å². The Balaban J connectivity index is 2.45. The van der Waals surface area contributed by atoms with Gasteiger partial charge < -0.3 is 4.74 Å². The number of hydrogen-bond acceptors (Lipinski definition) is 1. The van der Waals surface area contributed by atoms with Gasteiger partial charge in [0.1, 0.15) is 0 Å². The predicted octanol–water partition coefficient (Wildman–Crippen LogP) is 1.47. The molecule has 0 bridgehead atoms. The molecule has 0 aromatic rings. The molecule has 1 radical (unpaired) electrons. The number of halogens is 1. The van der Waals surface area contributed by atoms with E-state index in [4.69, 9.17) is 16.3 Å². The first-order chi connectivity index (χ1) is 3.41. The Labute approximate surface area is 49.6 Å². The van der Waals surface area contributed by atoms with E-state index in [9.17, 15) is 0 Å². The summed E-state index contributed by atoms with van der Waals surface area (Å²) in [4.78, 5) is 0. The van der Waals surface area contributed by atoms with Crippen LogP contribution in [0.25, 0.3) is 0 Å². The van der Waals surface area contributed by atoms with E-state index < -0.39 is 0 Å². The summed E-state index contributed by atoms with van der Waals surface area (Å²) < 4.78 is 4.88. The van der Waals surface area contributed by atoms with Crippen molar-refractivity contribution in [2.45, 2.75) is 6.42 Å². The SMILES string of the molecule is [CH2]COCCCCl. The van der Waals surface area contributed by atoms with Crippen molar-refractivity contribution in [3.05, 3.63) is 6.92 Å². The summed E-state index contributed by atoms with van der Waals surface area (Å²) in [7, 11) is 0. The molecular formula is C5H10ClO. The summed E-state index contributed by atoms with van der Waals surface area (Å²) >= 11 is 5.34. The quantitative estimate of drug-likeness (QED) is 0.404. The highest BCUT2D eigenvalue weighted by atomic mass is 35.5. The fraction of sp³-hybridized carbons (Fsp3) is 0.800. The van der Waals surface area contributed by atoms with Crippen LogP contribution in [0.4, 0.5) is 0 Å². The van der Waals surface area contributed by atoms with Gasteiger partial charge in [0.15, 0.2) is 0 Å². The maximum absolute atomic E-state index is 5.34. The maximum atomic E-state index is 5.34. The maximum Gasteiger partial charge on any atom is 0.0477 e. The van der Waals surface area contributed by atoms with Gasteiger partial charge in [-0.2, -0.15) is 0 Å². The molecule has 0 aromatic carbocycles. The second-order valence-corrected chi connectivity index (χ2v) is 1.53. The largest absolute Gasteiger partial charge is 0.381 e. The highest BCUT2D eigenvalue weighted by Gasteiger charge is 1.79. The monoisotopic (exact) mass is 121 g/mol. The highest BCUT2D eigenvalue weighted by molar-refractivity contribution is 6.17. The van der Waals surface area contributed by atoms with Crippen molar-refractivity contribution in [3.63, 3.8) is 0 Å². The lowest BCUT2D eigenvalue weighted by molar-refractivity contribution is 0.162. The Kier molecular flexibility index (Phi) is 6.47. The first-order valence-electron chi connectivity index (χ1n) is 2.34. The Morgan fingerprint density at radius 2 is 2.29 bits per heavy atom. The van der Waals surface area contributed by atoms with Gasteiger partial charge in [-0.1, -0.05) is 0 Å². The Bertz CT molecular complexity index is 27.3. The Morgan fingerprint density at radius 3 is 2.71 bits per heavy atom. The molecule has 0 aliphatic heterocycles. The molecule has 0 rings (SSSR count). The van der Waals surface area contributed by atoms with Gasteiger partial charge >= 0.3 is 0 Å². The van der Waals surface area contributed by atoms with Gasteiger partial charge in [0.25, 0.3) is 0 Å². The van der Waals surface area contributed by atoms with Crippen LogP contribution < -0.4 is 0 Å². The van der Waals surface area contributed by atoms with Gasteiger partial charge in [0.2, 0.25) is 0 Å². The molecule has 2 heteroatoms. The zero-order valence-corrected chi connectivity index (χ0v) is 5.08. The molecule has 43 valence electrons. The van der Waals surface area contributed by atoms with Crippen molar-refractivity contribution < 1.29 is 4.74 Å². The highest BCUT2D eigenvalue weighted by Crippen LogP contribution is 1.83. The van der Waals surface area contributed by atoms with Crippen LogP contribution in [-0.4, -0.2) is 19.1 Å². The van der Waals surface area contributed by atoms with E-state index in [-0.39, 0.29) is 0 Å². The van der Waals surface area contributed by atoms with E-state index in [1.165, 1.54) is 0 Å². The zero-order valence-electron chi connectivity index (χ0n) is 4.32. The summed E-state index contributed by atoms with van der Waals surface area (Å²) in [6, 6.07) is 0. The van der Waals surface area contributed by atoms with Gasteiger partial charge in [-0.15, -0.1) is 11.6 Å². The summed E-state index contributed by atoms with van der Waals surface area (Å²) in [5.41, 5.74) is 0. The third-order valence-corrected chi connectivity index (χ3v) is 0.834. The molecule has 0 aliphatic carbocycles. The van der Waals surface area contributed by atoms with E-state index in [0.717, 1.165) is 13.0 Å². The minimum atomic E-state index is 0.552. The molecular weight excluding hydrogens is 112 g/mol. The van der Waals surface area contributed by atoms with Crippen LogP contribution in [0.5, 0.6) is 0 Å². The lowest BCUT2D eigenvalue weighted by atomic mass is 10.5. The molecule has 7 heavy (non-hydrogen) atoms. The molecule has 0 heterocycles. The third-order valence-electron chi connectivity index (χ3n) is 0.567. The number of ether oxygens (including phenoxy) is 1. The fourth-order valence-corrected chi connectivity index (χ4v) is 0.368. The van der Waals surface area contributed by atoms with Crippen molar-refractivity contribution in [2.75, 3.05) is 19.1 Å². The third kappa shape index (κ3) is 6.25. The van der Waals surface area contributed by atoms with Crippen LogP contribution in [0.3, 0.4) is 0 Å². The van der Waals surface area contributed by atoms with Crippen molar-refractivity contribution >= 4 is 11.6 Å². The lowest BCUT2D eigenvalue weighted by Crippen LogP contribution is -1.92. The minimum Gasteiger partial charge on any atom is -0.381 e. The van der Waals surface area contributed by atoms with Crippen LogP contribution in [0.1, 0.15) is 6.42 Å². The van der Waals surface area contributed by atoms with E-state index in [0.29, 0.717) is 12.5 Å². The second-order valence-electron chi connectivity index (χ2n) is 1.15. The van der Waals surface area contributed by atoms with E-state index in [1.54, 1.807) is 0 Å². The molecule has 0 unspecified atom stereocenters. The van der Waals surface area contributed by atoms with Crippen LogP contribution in [-0.2, 0) is 4.74 Å². The summed E-state index contributed by atoms with van der Waals surface area (Å²) in [6.45, 7) is 4.79. The van der Waals surface area contributed by atoms with Crippen LogP contribution in [0.15, 0.2) is 0 Å². The summed E-state index contributed by atoms with van der Waals surface area (Å²) in [6.07, 6.45) is 0.928. The van der Waals surface area contributed by atoms with Gasteiger partial charge in [-0.05, 0) is 13.3 Å². The van der Waals surface area contributed by atoms with Crippen LogP contribution in [0.2, 0.25) is 0 Å². The van der Waals surface area contributed by atoms with Crippen molar-refractivity contribution in [1.29, 1.82) is 0 Å².